The Morgan fingerprint density at radius 1 is 0.971 bits per heavy atom. The third-order valence-corrected chi connectivity index (χ3v) is 7.16. The maximum Gasteiger partial charge on any atom is 0.326 e. The fourth-order valence-electron chi connectivity index (χ4n) is 5.22. The lowest BCUT2D eigenvalue weighted by Crippen LogP contribution is -2.55. The summed E-state index contributed by atoms with van der Waals surface area (Å²) in [5.41, 5.74) is 8.08. The minimum absolute atomic E-state index is 0.0316. The number of urea groups is 1. The highest BCUT2D eigenvalue weighted by atomic mass is 16.4. The van der Waals surface area contributed by atoms with Crippen LogP contribution >= 0.6 is 0 Å². The summed E-state index contributed by atoms with van der Waals surface area (Å²) in [7, 11) is 0. The van der Waals surface area contributed by atoms with Crippen molar-refractivity contribution in [3.05, 3.63) is 35.4 Å². The van der Waals surface area contributed by atoms with Crippen LogP contribution in [0.1, 0.15) is 75.3 Å². The van der Waals surface area contributed by atoms with Gasteiger partial charge in [0.05, 0.1) is 0 Å². The minimum atomic E-state index is -1.08. The zero-order valence-electron chi connectivity index (χ0n) is 20.1. The van der Waals surface area contributed by atoms with Crippen LogP contribution in [0.4, 0.5) is 4.79 Å². The van der Waals surface area contributed by atoms with Crippen LogP contribution in [0.3, 0.4) is 0 Å². The molecule has 0 radical (unpaired) electrons. The maximum atomic E-state index is 13.3. The normalized spacial score (nSPS) is 20.0. The molecule has 1 saturated carbocycles. The number of unbranched alkanes of at least 4 members (excludes halogenated alkanes) is 1. The lowest BCUT2D eigenvalue weighted by Gasteiger charge is -2.30. The van der Waals surface area contributed by atoms with Crippen molar-refractivity contribution in [1.82, 2.24) is 16.0 Å². The summed E-state index contributed by atoms with van der Waals surface area (Å²) in [6.07, 6.45) is 10.4. The number of hydrogen-bond donors (Lipinski definition) is 5. The molecule has 1 fully saturated rings. The summed E-state index contributed by atoms with van der Waals surface area (Å²) in [5.74, 6) is -0.877. The fourth-order valence-corrected chi connectivity index (χ4v) is 5.22. The number of carbonyl (C=O) groups is 3. The van der Waals surface area contributed by atoms with Crippen LogP contribution in [0, 0.1) is 5.92 Å². The van der Waals surface area contributed by atoms with Crippen LogP contribution < -0.4 is 21.7 Å². The molecular formula is C26H40N4O4. The second kappa shape index (κ2) is 13.3. The van der Waals surface area contributed by atoms with E-state index in [9.17, 15) is 19.5 Å². The van der Waals surface area contributed by atoms with E-state index in [1.807, 2.05) is 12.1 Å². The first-order valence-electron chi connectivity index (χ1n) is 12.8. The van der Waals surface area contributed by atoms with Gasteiger partial charge in [-0.05, 0) is 68.5 Å². The lowest BCUT2D eigenvalue weighted by molar-refractivity contribution is -0.139. The van der Waals surface area contributed by atoms with Crippen LogP contribution in [0.5, 0.6) is 0 Å². The monoisotopic (exact) mass is 472 g/mol. The number of amides is 3. The average Bonchev–Trinajstić information content (AvgIpc) is 2.83. The van der Waals surface area contributed by atoms with Gasteiger partial charge in [-0.2, -0.15) is 0 Å². The molecule has 8 nitrogen and oxygen atoms in total. The molecule has 34 heavy (non-hydrogen) atoms. The number of hydrogen-bond acceptors (Lipinski definition) is 4. The van der Waals surface area contributed by atoms with Gasteiger partial charge in [-0.1, -0.05) is 56.4 Å². The predicted octanol–water partition coefficient (Wildman–Crippen LogP) is 2.88. The molecule has 1 unspecified atom stereocenters. The van der Waals surface area contributed by atoms with E-state index in [2.05, 4.69) is 28.1 Å². The summed E-state index contributed by atoms with van der Waals surface area (Å²) < 4.78 is 0. The average molecular weight is 473 g/mol. The first-order valence-corrected chi connectivity index (χ1v) is 12.8. The van der Waals surface area contributed by atoms with Gasteiger partial charge in [0.15, 0.2) is 0 Å². The molecule has 0 saturated heterocycles. The minimum Gasteiger partial charge on any atom is -0.480 e. The topological polar surface area (TPSA) is 134 Å². The number of aliphatic carboxylic acids is 1. The van der Waals surface area contributed by atoms with E-state index in [0.29, 0.717) is 38.1 Å². The molecule has 188 valence electrons. The van der Waals surface area contributed by atoms with E-state index in [1.165, 1.54) is 17.5 Å². The Balaban J connectivity index is 1.61. The Bertz CT molecular complexity index is 825. The molecular weight excluding hydrogens is 432 g/mol. The van der Waals surface area contributed by atoms with Crippen molar-refractivity contribution in [3.8, 4) is 0 Å². The van der Waals surface area contributed by atoms with Crippen molar-refractivity contribution in [2.24, 2.45) is 11.7 Å². The first kappa shape index (κ1) is 26.0. The fraction of sp³-hybridized carbons (Fsp3) is 0.654. The molecule has 0 spiro atoms. The Morgan fingerprint density at radius 2 is 1.68 bits per heavy atom. The highest BCUT2D eigenvalue weighted by Gasteiger charge is 2.30. The van der Waals surface area contributed by atoms with Crippen molar-refractivity contribution in [1.29, 1.82) is 0 Å². The molecule has 3 rings (SSSR count). The number of aryl methyl sites for hydroxylation is 1. The van der Waals surface area contributed by atoms with E-state index in [4.69, 9.17) is 5.73 Å². The lowest BCUT2D eigenvalue weighted by atomic mass is 9.84. The Labute approximate surface area is 202 Å². The van der Waals surface area contributed by atoms with Gasteiger partial charge >= 0.3 is 12.0 Å². The predicted molar refractivity (Wildman–Crippen MR) is 131 cm³/mol. The highest BCUT2D eigenvalue weighted by Crippen LogP contribution is 2.28. The van der Waals surface area contributed by atoms with E-state index in [1.54, 1.807) is 0 Å². The highest BCUT2D eigenvalue weighted by molar-refractivity contribution is 5.89. The standard InChI is InChI=1S/C26H40N4O4/c27-15-7-6-12-22(25(32)33)29-26(34)30-23(16-18-8-2-1-3-9-18)24(31)28-21-14-13-19-10-4-5-11-20(19)17-21/h4-5,10-11,18,21-23H,1-3,6-9,12-17,27H2,(H,28,31)(H,32,33)(H2,29,30,34)/t21?,22-,23+/m0/s1. The van der Waals surface area contributed by atoms with E-state index in [0.717, 1.165) is 44.9 Å². The summed E-state index contributed by atoms with van der Waals surface area (Å²) in [6, 6.07) is 6.05. The Morgan fingerprint density at radius 3 is 2.38 bits per heavy atom. The molecule has 2 aliphatic rings. The van der Waals surface area contributed by atoms with Gasteiger partial charge in [0, 0.05) is 6.04 Å². The second-order valence-corrected chi connectivity index (χ2v) is 9.80. The molecule has 1 aromatic rings. The van der Waals surface area contributed by atoms with Crippen LogP contribution in [0.25, 0.3) is 0 Å². The van der Waals surface area contributed by atoms with Crippen LogP contribution in [0.15, 0.2) is 24.3 Å². The van der Waals surface area contributed by atoms with Crippen LogP contribution in [-0.4, -0.2) is 47.7 Å². The summed E-state index contributed by atoms with van der Waals surface area (Å²) in [4.78, 5) is 37.6. The SMILES string of the molecule is NCCCC[C@H](NC(=O)N[C@H](CC1CCCCC1)C(=O)NC1CCc2ccccc2C1)C(=O)O. The molecule has 0 heterocycles. The van der Waals surface area contributed by atoms with E-state index in [-0.39, 0.29) is 11.9 Å². The van der Waals surface area contributed by atoms with Gasteiger partial charge < -0.3 is 26.8 Å². The number of nitrogens with one attached hydrogen (secondary N) is 3. The van der Waals surface area contributed by atoms with Gasteiger partial charge in [0.1, 0.15) is 12.1 Å². The molecule has 8 heteroatoms. The van der Waals surface area contributed by atoms with Gasteiger partial charge in [-0.15, -0.1) is 0 Å². The first-order chi connectivity index (χ1) is 16.5. The Kier molecular flexibility index (Phi) is 10.2. The molecule has 0 aliphatic heterocycles. The third kappa shape index (κ3) is 8.01. The van der Waals surface area contributed by atoms with Crippen molar-refractivity contribution in [2.75, 3.05) is 6.54 Å². The second-order valence-electron chi connectivity index (χ2n) is 9.80. The summed E-state index contributed by atoms with van der Waals surface area (Å²) in [5, 5.41) is 18.0. The number of fused-ring (bicyclic) bond motifs is 1. The number of nitrogens with two attached hydrogens (primary N) is 1. The van der Waals surface area contributed by atoms with Crippen LogP contribution in [-0.2, 0) is 22.4 Å². The molecule has 1 aromatic carbocycles. The van der Waals surface area contributed by atoms with Crippen molar-refractivity contribution in [2.45, 2.75) is 95.2 Å². The van der Waals surface area contributed by atoms with Gasteiger partial charge in [0.2, 0.25) is 5.91 Å². The van der Waals surface area contributed by atoms with Gasteiger partial charge in [-0.25, -0.2) is 9.59 Å². The molecule has 2 aliphatic carbocycles. The van der Waals surface area contributed by atoms with E-state index >= 15 is 0 Å². The third-order valence-electron chi connectivity index (χ3n) is 7.16. The number of carboxylic acids is 1. The smallest absolute Gasteiger partial charge is 0.326 e. The Hall–Kier alpha value is -2.61. The maximum absolute atomic E-state index is 13.3. The van der Waals surface area contributed by atoms with Gasteiger partial charge in [-0.3, -0.25) is 4.79 Å². The molecule has 0 aromatic heterocycles. The van der Waals surface area contributed by atoms with E-state index < -0.39 is 24.1 Å². The molecule has 3 amide bonds. The number of carbonyl (C=O) groups excluding carboxylic acids is 2. The van der Waals surface area contributed by atoms with Crippen molar-refractivity contribution in [3.63, 3.8) is 0 Å². The summed E-state index contributed by atoms with van der Waals surface area (Å²) >= 11 is 0. The number of carboxylic acid groups (broad SMARTS) is 1. The summed E-state index contributed by atoms with van der Waals surface area (Å²) in [6.45, 7) is 0.480. The number of benzene rings is 1. The van der Waals surface area contributed by atoms with Crippen molar-refractivity contribution >= 4 is 17.9 Å². The molecule has 6 N–H and O–H groups in total. The quantitative estimate of drug-likeness (QED) is 0.316. The van der Waals surface area contributed by atoms with Crippen LogP contribution in [0.2, 0.25) is 0 Å². The van der Waals surface area contributed by atoms with Crippen molar-refractivity contribution < 1.29 is 19.5 Å². The molecule has 0 bridgehead atoms. The molecule has 3 atom stereocenters. The largest absolute Gasteiger partial charge is 0.480 e. The van der Waals surface area contributed by atoms with Gasteiger partial charge in [0.25, 0.3) is 0 Å². The zero-order chi connectivity index (χ0) is 24.3. The number of rotatable bonds is 11. The zero-order valence-corrected chi connectivity index (χ0v) is 20.1.